The quantitative estimate of drug-likeness (QED) is 0.371. The number of hydrazine groups is 1. The summed E-state index contributed by atoms with van der Waals surface area (Å²) in [4.78, 5) is 16.1. The molecule has 0 fully saturated rings. The smallest absolute Gasteiger partial charge is 0.374 e. The van der Waals surface area contributed by atoms with E-state index in [0.717, 1.165) is 30.3 Å². The second-order valence-corrected chi connectivity index (χ2v) is 7.82. The van der Waals surface area contributed by atoms with E-state index in [-0.39, 0.29) is 21.3 Å². The van der Waals surface area contributed by atoms with Crippen LogP contribution in [0.5, 0.6) is 0 Å². The number of amides is 1. The van der Waals surface area contributed by atoms with Crippen LogP contribution < -0.4 is 10.9 Å². The highest BCUT2D eigenvalue weighted by atomic mass is 35.5. The zero-order chi connectivity index (χ0) is 24.6. The summed E-state index contributed by atoms with van der Waals surface area (Å²) in [7, 11) is 0. The lowest BCUT2D eigenvalue weighted by Gasteiger charge is -2.29. The van der Waals surface area contributed by atoms with Gasteiger partial charge in [-0.05, 0) is 36.4 Å². The topological polar surface area (TPSA) is 62.7 Å². The number of anilines is 1. The summed E-state index contributed by atoms with van der Waals surface area (Å²) in [6, 6.07) is 6.17. The predicted octanol–water partition coefficient (Wildman–Crippen LogP) is 6.11. The molecular formula is C19H12Cl2F7N3O2. The van der Waals surface area contributed by atoms with E-state index in [0.29, 0.717) is 0 Å². The largest absolute Gasteiger partial charge is 0.435 e. The molecule has 33 heavy (non-hydrogen) atoms. The molecule has 178 valence electrons. The first-order valence-electron chi connectivity index (χ1n) is 8.90. The average molecular weight is 518 g/mol. The van der Waals surface area contributed by atoms with Gasteiger partial charge in [-0.2, -0.15) is 26.3 Å². The van der Waals surface area contributed by atoms with E-state index in [1.54, 1.807) is 5.43 Å². The standard InChI is InChI=1S/C19H12Cl2F7N3O2/c20-11-4-10(5-12(21)6-11)17(19(26,27)28)7-15(31-33-17)9-1-2-13(22)14(3-9)29-30-16(32)8-18(23,24)25/h1-6,29H,7-8H2,(H,30,32). The molecule has 1 aliphatic rings. The van der Waals surface area contributed by atoms with Crippen LogP contribution in [0.3, 0.4) is 0 Å². The van der Waals surface area contributed by atoms with Crippen molar-refractivity contribution in [1.82, 2.24) is 5.43 Å². The fourth-order valence-electron chi connectivity index (χ4n) is 3.01. The van der Waals surface area contributed by atoms with Gasteiger partial charge in [0, 0.05) is 27.6 Å². The Labute approximate surface area is 191 Å². The summed E-state index contributed by atoms with van der Waals surface area (Å²) in [6.45, 7) is 0. The van der Waals surface area contributed by atoms with E-state index in [1.165, 1.54) is 6.07 Å². The number of carbonyl (C=O) groups excluding carboxylic acids is 1. The van der Waals surface area contributed by atoms with Crippen LogP contribution in [0.15, 0.2) is 41.6 Å². The molecule has 0 aromatic heterocycles. The first-order valence-corrected chi connectivity index (χ1v) is 9.66. The molecule has 1 aliphatic heterocycles. The molecule has 1 amide bonds. The van der Waals surface area contributed by atoms with Crippen LogP contribution in [-0.2, 0) is 15.2 Å². The van der Waals surface area contributed by atoms with E-state index in [1.807, 2.05) is 5.43 Å². The Hall–Kier alpha value is -2.73. The van der Waals surface area contributed by atoms with Gasteiger partial charge >= 0.3 is 12.4 Å². The van der Waals surface area contributed by atoms with Crippen molar-refractivity contribution in [2.45, 2.75) is 30.8 Å². The van der Waals surface area contributed by atoms with E-state index in [4.69, 9.17) is 28.0 Å². The molecule has 2 N–H and O–H groups in total. The van der Waals surface area contributed by atoms with E-state index >= 15 is 0 Å². The van der Waals surface area contributed by atoms with Crippen LogP contribution in [0.2, 0.25) is 10.0 Å². The molecule has 1 unspecified atom stereocenters. The van der Waals surface area contributed by atoms with Crippen molar-refractivity contribution in [3.05, 3.63) is 63.4 Å². The molecule has 0 spiro atoms. The number of halogens is 9. The molecule has 0 aliphatic carbocycles. The van der Waals surface area contributed by atoms with Crippen molar-refractivity contribution < 1.29 is 40.4 Å². The van der Waals surface area contributed by atoms with Gasteiger partial charge in [-0.1, -0.05) is 28.4 Å². The summed E-state index contributed by atoms with van der Waals surface area (Å²) in [5.41, 5.74) is -0.489. The summed E-state index contributed by atoms with van der Waals surface area (Å²) < 4.78 is 92.9. The van der Waals surface area contributed by atoms with Gasteiger partial charge in [0.1, 0.15) is 12.2 Å². The Balaban J connectivity index is 1.86. The maximum Gasteiger partial charge on any atom is 0.435 e. The van der Waals surface area contributed by atoms with E-state index < -0.39 is 53.8 Å². The van der Waals surface area contributed by atoms with E-state index in [2.05, 4.69) is 5.16 Å². The van der Waals surface area contributed by atoms with Crippen molar-refractivity contribution in [2.75, 3.05) is 5.43 Å². The van der Waals surface area contributed by atoms with E-state index in [9.17, 15) is 35.5 Å². The summed E-state index contributed by atoms with van der Waals surface area (Å²) in [5, 5.41) is 3.36. The zero-order valence-electron chi connectivity index (χ0n) is 16.0. The molecule has 1 atom stereocenters. The zero-order valence-corrected chi connectivity index (χ0v) is 17.6. The van der Waals surface area contributed by atoms with Crippen LogP contribution in [0.4, 0.5) is 36.4 Å². The van der Waals surface area contributed by atoms with Gasteiger partial charge < -0.3 is 4.84 Å². The monoisotopic (exact) mass is 517 g/mol. The van der Waals surface area contributed by atoms with Crippen molar-refractivity contribution >= 4 is 40.5 Å². The molecular weight excluding hydrogens is 506 g/mol. The molecule has 0 bridgehead atoms. The van der Waals surface area contributed by atoms with Crippen molar-refractivity contribution in [2.24, 2.45) is 5.16 Å². The number of benzene rings is 2. The van der Waals surface area contributed by atoms with Crippen LogP contribution in [0.1, 0.15) is 24.0 Å². The number of hydrogen-bond acceptors (Lipinski definition) is 4. The van der Waals surface area contributed by atoms with Gasteiger partial charge in [-0.15, -0.1) is 0 Å². The van der Waals surface area contributed by atoms with Gasteiger partial charge in [-0.3, -0.25) is 15.6 Å². The normalized spacial score (nSPS) is 18.5. The fraction of sp³-hybridized carbons (Fsp3) is 0.263. The highest BCUT2D eigenvalue weighted by Crippen LogP contribution is 2.49. The van der Waals surface area contributed by atoms with Crippen LogP contribution in [0, 0.1) is 5.82 Å². The Morgan fingerprint density at radius 1 is 1.06 bits per heavy atom. The Bertz CT molecular complexity index is 1090. The molecule has 14 heteroatoms. The molecule has 0 radical (unpaired) electrons. The number of nitrogens with zero attached hydrogens (tertiary/aromatic N) is 1. The molecule has 0 saturated carbocycles. The maximum atomic E-state index is 14.0. The lowest BCUT2D eigenvalue weighted by atomic mass is 9.86. The molecule has 0 saturated heterocycles. The second kappa shape index (κ2) is 8.90. The molecule has 1 heterocycles. The highest BCUT2D eigenvalue weighted by molar-refractivity contribution is 6.34. The third-order valence-corrected chi connectivity index (χ3v) is 4.95. The molecule has 2 aromatic carbocycles. The minimum Gasteiger partial charge on any atom is -0.374 e. The van der Waals surface area contributed by atoms with Crippen molar-refractivity contribution in [3.8, 4) is 0 Å². The van der Waals surface area contributed by atoms with Crippen molar-refractivity contribution in [3.63, 3.8) is 0 Å². The van der Waals surface area contributed by atoms with Gasteiger partial charge in [0.25, 0.3) is 5.60 Å². The van der Waals surface area contributed by atoms with Crippen LogP contribution in [0.25, 0.3) is 0 Å². The Morgan fingerprint density at radius 3 is 2.27 bits per heavy atom. The average Bonchev–Trinajstić information content (AvgIpc) is 3.12. The minimum absolute atomic E-state index is 0.0387. The summed E-state index contributed by atoms with van der Waals surface area (Å²) >= 11 is 11.7. The number of hydrogen-bond donors (Lipinski definition) is 2. The highest BCUT2D eigenvalue weighted by Gasteiger charge is 2.62. The van der Waals surface area contributed by atoms with Crippen LogP contribution in [-0.4, -0.2) is 24.0 Å². The number of carbonyl (C=O) groups is 1. The minimum atomic E-state index is -4.96. The van der Waals surface area contributed by atoms with Gasteiger partial charge in [0.05, 0.1) is 11.4 Å². The number of nitrogens with one attached hydrogen (secondary N) is 2. The number of rotatable bonds is 5. The van der Waals surface area contributed by atoms with Crippen LogP contribution >= 0.6 is 23.2 Å². The second-order valence-electron chi connectivity index (χ2n) is 6.95. The van der Waals surface area contributed by atoms with Crippen molar-refractivity contribution in [1.29, 1.82) is 0 Å². The summed E-state index contributed by atoms with van der Waals surface area (Å²) in [5.74, 6) is -2.49. The number of alkyl halides is 6. The lowest BCUT2D eigenvalue weighted by Crippen LogP contribution is -2.42. The van der Waals surface area contributed by atoms with Gasteiger partial charge in [-0.25, -0.2) is 4.39 Å². The molecule has 3 rings (SSSR count). The van der Waals surface area contributed by atoms with Gasteiger partial charge in [0.15, 0.2) is 0 Å². The third-order valence-electron chi connectivity index (χ3n) is 4.51. The predicted molar refractivity (Wildman–Crippen MR) is 105 cm³/mol. The SMILES string of the molecule is O=C(CC(F)(F)F)NNc1cc(C2=NOC(c3cc(Cl)cc(Cl)c3)(C(F)(F)F)C2)ccc1F. The molecule has 5 nitrogen and oxygen atoms in total. The number of oxime groups is 1. The first-order chi connectivity index (χ1) is 15.2. The maximum absolute atomic E-state index is 14.0. The first kappa shape index (κ1) is 24.9. The molecule has 2 aromatic rings. The lowest BCUT2D eigenvalue weighted by molar-refractivity contribution is -0.275. The Morgan fingerprint density at radius 2 is 1.70 bits per heavy atom. The fourth-order valence-corrected chi connectivity index (χ4v) is 3.54. The van der Waals surface area contributed by atoms with Gasteiger partial charge in [0.2, 0.25) is 5.91 Å². The Kier molecular flexibility index (Phi) is 6.72. The summed E-state index contributed by atoms with van der Waals surface area (Å²) in [6.07, 6.45) is -12.4. The third kappa shape index (κ3) is 5.61.